The molecule has 190 valence electrons. The average Bonchev–Trinajstić information content (AvgIpc) is 3.17. The summed E-state index contributed by atoms with van der Waals surface area (Å²) in [5.41, 5.74) is 0.786. The van der Waals surface area contributed by atoms with E-state index < -0.39 is 17.6 Å². The predicted molar refractivity (Wildman–Crippen MR) is 143 cm³/mol. The molecule has 0 aliphatic heterocycles. The molecule has 36 heavy (non-hydrogen) atoms. The lowest BCUT2D eigenvalue weighted by Crippen LogP contribution is -2.16. The second-order valence-electron chi connectivity index (χ2n) is 7.76. The van der Waals surface area contributed by atoms with Crippen LogP contribution in [-0.2, 0) is 29.8 Å². The first-order valence-electron chi connectivity index (χ1n) is 11.5. The number of hydrogen-bond acceptors (Lipinski definition) is 7. The summed E-state index contributed by atoms with van der Waals surface area (Å²) in [5, 5.41) is 0.664. The van der Waals surface area contributed by atoms with Crippen LogP contribution in [0.5, 0.6) is 5.75 Å². The van der Waals surface area contributed by atoms with E-state index in [0.717, 1.165) is 4.90 Å². The number of benzene rings is 3. The van der Waals surface area contributed by atoms with Crippen LogP contribution in [0.1, 0.15) is 19.5 Å². The summed E-state index contributed by atoms with van der Waals surface area (Å²) in [7, 11) is -6.17. The van der Waals surface area contributed by atoms with E-state index >= 15 is 0 Å². The van der Waals surface area contributed by atoms with E-state index in [9.17, 15) is 13.0 Å². The van der Waals surface area contributed by atoms with Crippen LogP contribution in [0.3, 0.4) is 0 Å². The Hall–Kier alpha value is -2.55. The molecule has 1 aromatic heterocycles. The SMILES string of the molecule is CCOP(=O)(Cc1c(Sc2ccccc2)c2cc(OC)ccc2n1S(=O)(=O)c1ccccc1)OCC. The van der Waals surface area contributed by atoms with Crippen LogP contribution in [0, 0.1) is 0 Å². The quantitative estimate of drug-likeness (QED) is 0.192. The Morgan fingerprint density at radius 1 is 0.889 bits per heavy atom. The van der Waals surface area contributed by atoms with E-state index in [1.54, 1.807) is 69.5 Å². The number of fused-ring (bicyclic) bond motifs is 1. The van der Waals surface area contributed by atoms with Crippen molar-refractivity contribution in [3.63, 3.8) is 0 Å². The molecule has 0 radical (unpaired) electrons. The van der Waals surface area contributed by atoms with E-state index in [1.807, 2.05) is 30.3 Å². The molecule has 0 saturated heterocycles. The molecule has 3 aromatic carbocycles. The first-order chi connectivity index (χ1) is 17.3. The van der Waals surface area contributed by atoms with Crippen LogP contribution >= 0.6 is 19.4 Å². The van der Waals surface area contributed by atoms with Crippen LogP contribution < -0.4 is 4.74 Å². The predicted octanol–water partition coefficient (Wildman–Crippen LogP) is 6.80. The minimum Gasteiger partial charge on any atom is -0.497 e. The van der Waals surface area contributed by atoms with E-state index in [2.05, 4.69) is 0 Å². The van der Waals surface area contributed by atoms with Gasteiger partial charge in [0.15, 0.2) is 0 Å². The third kappa shape index (κ3) is 5.41. The van der Waals surface area contributed by atoms with Crippen LogP contribution in [0.15, 0.2) is 93.5 Å². The highest BCUT2D eigenvalue weighted by molar-refractivity contribution is 7.99. The fourth-order valence-corrected chi connectivity index (χ4v) is 8.56. The monoisotopic (exact) mass is 545 g/mol. The molecule has 0 amide bonds. The number of nitrogens with zero attached hydrogens (tertiary/aromatic N) is 1. The molecule has 0 bridgehead atoms. The highest BCUT2D eigenvalue weighted by Crippen LogP contribution is 2.54. The maximum absolute atomic E-state index is 14.0. The van der Waals surface area contributed by atoms with Gasteiger partial charge >= 0.3 is 7.60 Å². The average molecular weight is 546 g/mol. The summed E-state index contributed by atoms with van der Waals surface area (Å²) in [5.74, 6) is 0.580. The van der Waals surface area contributed by atoms with Crippen molar-refractivity contribution in [1.29, 1.82) is 0 Å². The van der Waals surface area contributed by atoms with E-state index in [-0.39, 0.29) is 24.3 Å². The van der Waals surface area contributed by atoms with Crippen molar-refractivity contribution in [3.05, 3.63) is 84.6 Å². The summed E-state index contributed by atoms with van der Waals surface area (Å²) in [6.07, 6.45) is -0.215. The second kappa shape index (κ2) is 11.2. The minimum atomic E-state index is -4.06. The molecule has 4 rings (SSSR count). The number of hydrogen-bond donors (Lipinski definition) is 0. The Balaban J connectivity index is 2.06. The van der Waals surface area contributed by atoms with Crippen molar-refractivity contribution >= 4 is 40.3 Å². The van der Waals surface area contributed by atoms with Gasteiger partial charge in [-0.25, -0.2) is 12.4 Å². The molecular formula is C26H28NO6PS2. The Morgan fingerprint density at radius 2 is 1.50 bits per heavy atom. The molecule has 7 nitrogen and oxygen atoms in total. The molecule has 0 N–H and O–H groups in total. The molecule has 0 fully saturated rings. The fourth-order valence-electron chi connectivity index (χ4n) is 3.93. The molecule has 0 spiro atoms. The zero-order valence-corrected chi connectivity index (χ0v) is 22.8. The zero-order valence-electron chi connectivity index (χ0n) is 20.3. The molecule has 1 heterocycles. The number of ether oxygens (including phenoxy) is 1. The fraction of sp³-hybridized carbons (Fsp3) is 0.231. The summed E-state index contributed by atoms with van der Waals surface area (Å²) in [6, 6.07) is 23.0. The molecule has 0 saturated carbocycles. The first-order valence-corrected chi connectivity index (χ1v) is 15.4. The molecular weight excluding hydrogens is 517 g/mol. The van der Waals surface area contributed by atoms with E-state index in [0.29, 0.717) is 27.2 Å². The van der Waals surface area contributed by atoms with Crippen molar-refractivity contribution in [2.75, 3.05) is 20.3 Å². The van der Waals surface area contributed by atoms with Gasteiger partial charge in [0, 0.05) is 15.2 Å². The van der Waals surface area contributed by atoms with Gasteiger partial charge in [-0.3, -0.25) is 4.57 Å². The summed E-state index contributed by atoms with van der Waals surface area (Å²) >= 11 is 1.40. The molecule has 0 unspecified atom stereocenters. The number of aromatic nitrogens is 1. The van der Waals surface area contributed by atoms with Gasteiger partial charge in [-0.05, 0) is 56.3 Å². The van der Waals surface area contributed by atoms with Gasteiger partial charge in [0.25, 0.3) is 10.0 Å². The van der Waals surface area contributed by atoms with Crippen LogP contribution in [-0.4, -0.2) is 32.7 Å². The highest BCUT2D eigenvalue weighted by atomic mass is 32.2. The standard InChI is InChI=1S/C26H28NO6PS2/c1-4-32-34(28,33-5-2)19-25-26(35-21-12-8-6-9-13-21)23-18-20(31-3)16-17-24(23)27(25)36(29,30)22-14-10-7-11-15-22/h6-18H,4-5,19H2,1-3H3. The summed E-state index contributed by atoms with van der Waals surface area (Å²) in [6.45, 7) is 3.79. The van der Waals surface area contributed by atoms with Gasteiger partial charge in [-0.15, -0.1) is 0 Å². The van der Waals surface area contributed by atoms with Gasteiger partial charge in [0.2, 0.25) is 0 Å². The molecule has 4 aromatic rings. The Kier molecular flexibility index (Phi) is 8.27. The minimum absolute atomic E-state index is 0.123. The normalized spacial score (nSPS) is 12.2. The van der Waals surface area contributed by atoms with Gasteiger partial charge in [0.05, 0.1) is 42.6 Å². The maximum Gasteiger partial charge on any atom is 0.336 e. The number of methoxy groups -OCH3 is 1. The Bertz CT molecular complexity index is 1480. The molecule has 0 aliphatic rings. The lowest BCUT2D eigenvalue weighted by atomic mass is 10.2. The largest absolute Gasteiger partial charge is 0.497 e. The van der Waals surface area contributed by atoms with Crippen molar-refractivity contribution < 1.29 is 26.8 Å². The van der Waals surface area contributed by atoms with Gasteiger partial charge in [-0.2, -0.15) is 0 Å². The van der Waals surface area contributed by atoms with Crippen molar-refractivity contribution in [2.24, 2.45) is 0 Å². The van der Waals surface area contributed by atoms with Gasteiger partial charge < -0.3 is 13.8 Å². The zero-order chi connectivity index (χ0) is 25.8. The second-order valence-corrected chi connectivity index (χ2v) is 12.7. The third-order valence-corrected chi connectivity index (χ3v) is 10.3. The van der Waals surface area contributed by atoms with Crippen LogP contribution in [0.25, 0.3) is 10.9 Å². The Labute approximate surface area is 216 Å². The smallest absolute Gasteiger partial charge is 0.336 e. The maximum atomic E-state index is 14.0. The number of rotatable bonds is 11. The molecule has 0 atom stereocenters. The lowest BCUT2D eigenvalue weighted by molar-refractivity contribution is 0.218. The molecule has 0 aliphatic carbocycles. The van der Waals surface area contributed by atoms with E-state index in [1.165, 1.54) is 15.7 Å². The van der Waals surface area contributed by atoms with Gasteiger partial charge in [0.1, 0.15) is 5.75 Å². The van der Waals surface area contributed by atoms with Crippen molar-refractivity contribution in [2.45, 2.75) is 34.7 Å². The van der Waals surface area contributed by atoms with Crippen molar-refractivity contribution in [3.8, 4) is 5.75 Å². The van der Waals surface area contributed by atoms with Crippen LogP contribution in [0.4, 0.5) is 0 Å². The molecule has 10 heteroatoms. The van der Waals surface area contributed by atoms with Crippen molar-refractivity contribution in [1.82, 2.24) is 3.97 Å². The lowest BCUT2D eigenvalue weighted by Gasteiger charge is -2.19. The summed E-state index contributed by atoms with van der Waals surface area (Å²) in [4.78, 5) is 1.67. The Morgan fingerprint density at radius 3 is 2.08 bits per heavy atom. The third-order valence-electron chi connectivity index (χ3n) is 5.41. The van der Waals surface area contributed by atoms with E-state index in [4.69, 9.17) is 13.8 Å². The topological polar surface area (TPSA) is 83.8 Å². The highest BCUT2D eigenvalue weighted by Gasteiger charge is 2.34. The van der Waals surface area contributed by atoms with Crippen LogP contribution in [0.2, 0.25) is 0 Å². The first kappa shape index (κ1) is 26.5. The van der Waals surface area contributed by atoms with Gasteiger partial charge in [-0.1, -0.05) is 48.2 Å². The summed E-state index contributed by atoms with van der Waals surface area (Å²) < 4.78 is 59.7.